The summed E-state index contributed by atoms with van der Waals surface area (Å²) in [6.45, 7) is 5.17. The van der Waals surface area contributed by atoms with E-state index in [0.29, 0.717) is 23.5 Å². The zero-order chi connectivity index (χ0) is 23.8. The molecule has 0 aromatic carbocycles. The van der Waals surface area contributed by atoms with E-state index in [4.69, 9.17) is 9.15 Å². The third kappa shape index (κ3) is 4.15. The predicted molar refractivity (Wildman–Crippen MR) is 122 cm³/mol. The highest BCUT2D eigenvalue weighted by atomic mass is 32.1. The van der Waals surface area contributed by atoms with E-state index in [1.54, 1.807) is 31.4 Å². The molecule has 2 aromatic rings. The lowest BCUT2D eigenvalue weighted by atomic mass is 9.73. The molecule has 2 aromatic heterocycles. The van der Waals surface area contributed by atoms with Gasteiger partial charge in [-0.1, -0.05) is 19.8 Å². The number of carbonyl (C=O) groups is 4. The van der Waals surface area contributed by atoms with Crippen LogP contribution in [0.5, 0.6) is 0 Å². The molecule has 4 rings (SSSR count). The molecule has 1 saturated carbocycles. The maximum Gasteiger partial charge on any atom is 0.341 e. The number of hydrogen-bond donors (Lipinski definition) is 2. The molecule has 0 bridgehead atoms. The van der Waals surface area contributed by atoms with Gasteiger partial charge in [0.2, 0.25) is 5.91 Å². The molecule has 1 aliphatic heterocycles. The van der Waals surface area contributed by atoms with Crippen molar-refractivity contribution in [1.29, 1.82) is 0 Å². The summed E-state index contributed by atoms with van der Waals surface area (Å²) in [6, 6.07) is 2.95. The number of amides is 4. The number of ether oxygens (including phenoxy) is 1. The number of carbonyl (C=O) groups excluding carboxylic acids is 4. The lowest BCUT2D eigenvalue weighted by Crippen LogP contribution is -2.54. The number of thiophene rings is 1. The van der Waals surface area contributed by atoms with Gasteiger partial charge in [0.15, 0.2) is 0 Å². The number of aryl methyl sites for hydroxylation is 1. The van der Waals surface area contributed by atoms with Crippen LogP contribution in [-0.2, 0) is 14.3 Å². The predicted octanol–water partition coefficient (Wildman–Crippen LogP) is 3.93. The standard InChI is InChI=1S/C23H27N3O6S/c1-4-31-20(28)18-15(16-9-8-14(3)32-16)12-33-19(18)24-17(27)11-26-21(29)23(25-22(26)30)10-6-5-7-13(23)2/h8-9,12-13H,4-7,10-11H2,1-3H3,(H,24,27)(H,25,30). The van der Waals surface area contributed by atoms with Gasteiger partial charge in [0.1, 0.15) is 34.2 Å². The van der Waals surface area contributed by atoms with E-state index >= 15 is 0 Å². The second-order valence-corrected chi connectivity index (χ2v) is 9.35. The maximum absolute atomic E-state index is 13.1. The number of esters is 1. The van der Waals surface area contributed by atoms with Gasteiger partial charge in [-0.3, -0.25) is 14.5 Å². The van der Waals surface area contributed by atoms with E-state index in [0.717, 1.165) is 35.5 Å². The van der Waals surface area contributed by atoms with Crippen molar-refractivity contribution >= 4 is 40.2 Å². The Labute approximate surface area is 195 Å². The molecular formula is C23H27N3O6S. The molecule has 3 heterocycles. The lowest BCUT2D eigenvalue weighted by molar-refractivity contribution is -0.136. The van der Waals surface area contributed by atoms with Crippen molar-refractivity contribution in [3.05, 3.63) is 28.8 Å². The zero-order valence-corrected chi connectivity index (χ0v) is 19.7. The summed E-state index contributed by atoms with van der Waals surface area (Å²) in [5, 5.41) is 7.49. The zero-order valence-electron chi connectivity index (χ0n) is 18.9. The Hall–Kier alpha value is -3.14. The summed E-state index contributed by atoms with van der Waals surface area (Å²) in [7, 11) is 0. The highest BCUT2D eigenvalue weighted by molar-refractivity contribution is 7.15. The summed E-state index contributed by atoms with van der Waals surface area (Å²) in [5.74, 6) is -0.367. The van der Waals surface area contributed by atoms with Crippen LogP contribution in [-0.4, -0.2) is 47.4 Å². The molecule has 33 heavy (non-hydrogen) atoms. The quantitative estimate of drug-likeness (QED) is 0.485. The molecule has 0 radical (unpaired) electrons. The van der Waals surface area contributed by atoms with Crippen molar-refractivity contribution in [2.24, 2.45) is 5.92 Å². The fraction of sp³-hybridized carbons (Fsp3) is 0.478. The van der Waals surface area contributed by atoms with Gasteiger partial charge in [-0.25, -0.2) is 9.59 Å². The Morgan fingerprint density at radius 3 is 2.79 bits per heavy atom. The van der Waals surface area contributed by atoms with Gasteiger partial charge in [0, 0.05) is 10.9 Å². The number of nitrogens with zero attached hydrogens (tertiary/aromatic N) is 1. The first kappa shape index (κ1) is 23.0. The lowest BCUT2D eigenvalue weighted by Gasteiger charge is -2.36. The molecule has 2 aliphatic rings. The largest absolute Gasteiger partial charge is 0.462 e. The Morgan fingerprint density at radius 1 is 1.33 bits per heavy atom. The fourth-order valence-corrected chi connectivity index (χ4v) is 5.52. The van der Waals surface area contributed by atoms with E-state index in [1.807, 2.05) is 6.92 Å². The third-order valence-corrected chi connectivity index (χ3v) is 7.23. The van der Waals surface area contributed by atoms with Gasteiger partial charge in [-0.2, -0.15) is 0 Å². The van der Waals surface area contributed by atoms with Gasteiger partial charge >= 0.3 is 12.0 Å². The molecule has 2 atom stereocenters. The van der Waals surface area contributed by atoms with Gasteiger partial charge in [0.25, 0.3) is 5.91 Å². The highest BCUT2D eigenvalue weighted by Gasteiger charge is 2.55. The van der Waals surface area contributed by atoms with Crippen LogP contribution in [0.15, 0.2) is 21.9 Å². The molecule has 2 N–H and O–H groups in total. The molecule has 2 fully saturated rings. The van der Waals surface area contributed by atoms with Crippen molar-refractivity contribution in [1.82, 2.24) is 10.2 Å². The van der Waals surface area contributed by atoms with Crippen molar-refractivity contribution in [3.63, 3.8) is 0 Å². The number of urea groups is 1. The topological polar surface area (TPSA) is 118 Å². The molecule has 4 amide bonds. The highest BCUT2D eigenvalue weighted by Crippen LogP contribution is 2.39. The number of imide groups is 1. The Morgan fingerprint density at radius 2 is 2.12 bits per heavy atom. The first-order valence-corrected chi connectivity index (χ1v) is 11.9. The van der Waals surface area contributed by atoms with Crippen molar-refractivity contribution < 1.29 is 28.3 Å². The van der Waals surface area contributed by atoms with Crippen LogP contribution in [0.2, 0.25) is 0 Å². The van der Waals surface area contributed by atoms with Crippen molar-refractivity contribution in [2.75, 3.05) is 18.5 Å². The smallest absolute Gasteiger partial charge is 0.341 e. The molecule has 1 spiro atoms. The van der Waals surface area contributed by atoms with Crippen LogP contribution in [0.3, 0.4) is 0 Å². The van der Waals surface area contributed by atoms with Gasteiger partial charge in [-0.15, -0.1) is 11.3 Å². The minimum atomic E-state index is -0.932. The molecule has 2 unspecified atom stereocenters. The SMILES string of the molecule is CCOC(=O)c1c(-c2ccc(C)o2)csc1NC(=O)CN1C(=O)NC2(CCCCC2C)C1=O. The van der Waals surface area contributed by atoms with Crippen molar-refractivity contribution in [2.45, 2.75) is 52.0 Å². The van der Waals surface area contributed by atoms with E-state index < -0.39 is 30.0 Å². The van der Waals surface area contributed by atoms with Crippen LogP contribution in [0.1, 0.15) is 55.6 Å². The summed E-state index contributed by atoms with van der Waals surface area (Å²) in [4.78, 5) is 52.2. The van der Waals surface area contributed by atoms with Crippen LogP contribution >= 0.6 is 11.3 Å². The van der Waals surface area contributed by atoms with E-state index in [-0.39, 0.29) is 29.0 Å². The fourth-order valence-electron chi connectivity index (χ4n) is 4.57. The molecular weight excluding hydrogens is 446 g/mol. The number of rotatable bonds is 6. The summed E-state index contributed by atoms with van der Waals surface area (Å²) in [5.41, 5.74) is -0.246. The van der Waals surface area contributed by atoms with Crippen LogP contribution in [0.4, 0.5) is 9.80 Å². The summed E-state index contributed by atoms with van der Waals surface area (Å²) < 4.78 is 10.8. The molecule has 1 aliphatic carbocycles. The molecule has 176 valence electrons. The van der Waals surface area contributed by atoms with Crippen LogP contribution in [0.25, 0.3) is 11.3 Å². The normalized spacial score (nSPS) is 22.5. The van der Waals surface area contributed by atoms with E-state index in [1.165, 1.54) is 0 Å². The second kappa shape index (κ2) is 9.01. The van der Waals surface area contributed by atoms with E-state index in [2.05, 4.69) is 10.6 Å². The number of anilines is 1. The average molecular weight is 474 g/mol. The van der Waals surface area contributed by atoms with Gasteiger partial charge < -0.3 is 19.8 Å². The van der Waals surface area contributed by atoms with Crippen LogP contribution in [0, 0.1) is 12.8 Å². The number of nitrogens with one attached hydrogen (secondary N) is 2. The maximum atomic E-state index is 13.1. The summed E-state index contributed by atoms with van der Waals surface area (Å²) in [6.07, 6.45) is 3.28. The number of hydrogen-bond acceptors (Lipinski definition) is 7. The van der Waals surface area contributed by atoms with Gasteiger partial charge in [0.05, 0.1) is 6.61 Å². The Balaban J connectivity index is 1.54. The van der Waals surface area contributed by atoms with E-state index in [9.17, 15) is 19.2 Å². The minimum absolute atomic E-state index is 0.00258. The van der Waals surface area contributed by atoms with Gasteiger partial charge in [-0.05, 0) is 44.7 Å². The minimum Gasteiger partial charge on any atom is -0.462 e. The Kier molecular flexibility index (Phi) is 6.29. The first-order valence-electron chi connectivity index (χ1n) is 11.1. The number of furan rings is 1. The third-order valence-electron chi connectivity index (χ3n) is 6.33. The Bertz CT molecular complexity index is 1110. The second-order valence-electron chi connectivity index (χ2n) is 8.47. The van der Waals surface area contributed by atoms with Crippen molar-refractivity contribution in [3.8, 4) is 11.3 Å². The molecule has 9 nitrogen and oxygen atoms in total. The molecule has 10 heteroatoms. The first-order chi connectivity index (χ1) is 15.8. The average Bonchev–Trinajstić information content (AvgIpc) is 3.44. The van der Waals surface area contributed by atoms with Crippen LogP contribution < -0.4 is 10.6 Å². The monoisotopic (exact) mass is 473 g/mol. The molecule has 1 saturated heterocycles. The summed E-state index contributed by atoms with van der Waals surface area (Å²) >= 11 is 1.15.